The van der Waals surface area contributed by atoms with E-state index in [2.05, 4.69) is 21.8 Å². The summed E-state index contributed by atoms with van der Waals surface area (Å²) in [7, 11) is 4.84. The minimum atomic E-state index is 0.593. The molecule has 5 nitrogen and oxygen atoms in total. The summed E-state index contributed by atoms with van der Waals surface area (Å²) in [6.45, 7) is 1.68. The molecule has 2 aromatic rings. The van der Waals surface area contributed by atoms with Gasteiger partial charge in [0.05, 0.1) is 39.3 Å². The first-order chi connectivity index (χ1) is 10.3. The zero-order valence-corrected chi connectivity index (χ0v) is 12.4. The highest BCUT2D eigenvalue weighted by Gasteiger charge is 2.20. The van der Waals surface area contributed by atoms with E-state index in [0.29, 0.717) is 17.2 Å². The van der Waals surface area contributed by atoms with E-state index in [9.17, 15) is 0 Å². The summed E-state index contributed by atoms with van der Waals surface area (Å²) >= 11 is 0. The summed E-state index contributed by atoms with van der Waals surface area (Å²) in [6, 6.07) is 7.97. The van der Waals surface area contributed by atoms with Gasteiger partial charge in [-0.15, -0.1) is 0 Å². The number of aromatic nitrogens is 1. The number of aliphatic imine (C=N–C) groups is 1. The van der Waals surface area contributed by atoms with Gasteiger partial charge in [0, 0.05) is 18.3 Å². The number of benzene rings is 1. The van der Waals surface area contributed by atoms with E-state index in [4.69, 9.17) is 14.2 Å². The maximum Gasteiger partial charge on any atom is 0.203 e. The minimum absolute atomic E-state index is 0.593. The maximum atomic E-state index is 5.41. The predicted molar refractivity (Wildman–Crippen MR) is 81.0 cm³/mol. The van der Waals surface area contributed by atoms with Crippen LogP contribution in [-0.4, -0.2) is 38.2 Å². The van der Waals surface area contributed by atoms with Gasteiger partial charge in [-0.2, -0.15) is 0 Å². The van der Waals surface area contributed by atoms with Crippen LogP contribution in [0.2, 0.25) is 0 Å². The Balaban J connectivity index is 2.13. The number of hydrogen-bond acceptors (Lipinski definition) is 4. The first-order valence-electron chi connectivity index (χ1n) is 6.79. The molecule has 5 heteroatoms. The molecule has 21 heavy (non-hydrogen) atoms. The summed E-state index contributed by atoms with van der Waals surface area (Å²) in [4.78, 5) is 4.66. The highest BCUT2D eigenvalue weighted by atomic mass is 16.5. The first kappa shape index (κ1) is 13.5. The third kappa shape index (κ3) is 2.24. The topological polar surface area (TPSA) is 45.0 Å². The Hall–Kier alpha value is -2.43. The van der Waals surface area contributed by atoms with E-state index in [1.807, 2.05) is 18.2 Å². The summed E-state index contributed by atoms with van der Waals surface area (Å²) in [5, 5.41) is 0. The molecule has 0 spiro atoms. The van der Waals surface area contributed by atoms with Crippen molar-refractivity contribution in [3.8, 4) is 17.2 Å². The highest BCUT2D eigenvalue weighted by molar-refractivity contribution is 6.13. The highest BCUT2D eigenvalue weighted by Crippen LogP contribution is 2.39. The fourth-order valence-electron chi connectivity index (χ4n) is 2.63. The zero-order valence-electron chi connectivity index (χ0n) is 12.4. The molecule has 0 atom stereocenters. The van der Waals surface area contributed by atoms with E-state index in [1.165, 1.54) is 0 Å². The van der Waals surface area contributed by atoms with Gasteiger partial charge in [0.2, 0.25) is 5.75 Å². The molecule has 0 N–H and O–H groups in total. The molecule has 0 amide bonds. The number of ether oxygens (including phenoxy) is 3. The second-order valence-electron chi connectivity index (χ2n) is 4.73. The average molecular weight is 286 g/mol. The lowest BCUT2D eigenvalue weighted by Gasteiger charge is -2.19. The number of hydrogen-bond donors (Lipinski definition) is 0. The van der Waals surface area contributed by atoms with E-state index in [0.717, 1.165) is 30.1 Å². The molecule has 1 aliphatic rings. The molecule has 1 aliphatic heterocycles. The number of rotatable bonds is 4. The minimum Gasteiger partial charge on any atom is -0.493 e. The van der Waals surface area contributed by atoms with Gasteiger partial charge >= 0.3 is 0 Å². The Bertz CT molecular complexity index is 664. The number of nitrogens with zero attached hydrogens (tertiary/aromatic N) is 2. The van der Waals surface area contributed by atoms with Crippen LogP contribution in [0.1, 0.15) is 11.3 Å². The van der Waals surface area contributed by atoms with Crippen LogP contribution in [0.4, 0.5) is 0 Å². The molecule has 0 fully saturated rings. The molecule has 1 aromatic heterocycles. The SMILES string of the molecule is COc1cc(C2=NCCn3cccc32)cc(OC)c1OC. The molecule has 0 radical (unpaired) electrons. The smallest absolute Gasteiger partial charge is 0.203 e. The Morgan fingerprint density at radius 1 is 1.05 bits per heavy atom. The summed E-state index contributed by atoms with van der Waals surface area (Å²) < 4.78 is 18.4. The third-order valence-electron chi connectivity index (χ3n) is 3.62. The van der Waals surface area contributed by atoms with Gasteiger partial charge in [-0.25, -0.2) is 0 Å². The predicted octanol–water partition coefficient (Wildman–Crippen LogP) is 2.36. The monoisotopic (exact) mass is 286 g/mol. The van der Waals surface area contributed by atoms with Crippen molar-refractivity contribution >= 4 is 5.71 Å². The van der Waals surface area contributed by atoms with Crippen LogP contribution in [0.3, 0.4) is 0 Å². The second kappa shape index (κ2) is 5.52. The van der Waals surface area contributed by atoms with Crippen LogP contribution < -0.4 is 14.2 Å². The van der Waals surface area contributed by atoms with Crippen LogP contribution in [0.25, 0.3) is 0 Å². The standard InChI is InChI=1S/C16H18N2O3/c1-19-13-9-11(10-14(20-2)16(13)21-3)15-12-5-4-7-18(12)8-6-17-15/h4-5,7,9-10H,6,8H2,1-3H3. The summed E-state index contributed by atoms with van der Waals surface area (Å²) in [6.07, 6.45) is 2.07. The molecule has 0 bridgehead atoms. The van der Waals surface area contributed by atoms with Gasteiger partial charge in [-0.3, -0.25) is 4.99 Å². The van der Waals surface area contributed by atoms with Crippen LogP contribution in [-0.2, 0) is 6.54 Å². The Kier molecular flexibility index (Phi) is 3.56. The quantitative estimate of drug-likeness (QED) is 0.866. The molecular weight excluding hydrogens is 268 g/mol. The molecular formula is C16H18N2O3. The molecule has 110 valence electrons. The van der Waals surface area contributed by atoms with Gasteiger partial charge in [-0.1, -0.05) is 0 Å². The molecule has 3 rings (SSSR count). The molecule has 2 heterocycles. The lowest BCUT2D eigenvalue weighted by atomic mass is 10.0. The first-order valence-corrected chi connectivity index (χ1v) is 6.79. The van der Waals surface area contributed by atoms with Gasteiger partial charge in [0.25, 0.3) is 0 Å². The lowest BCUT2D eigenvalue weighted by molar-refractivity contribution is 0.324. The molecule has 0 aliphatic carbocycles. The van der Waals surface area contributed by atoms with E-state index in [1.54, 1.807) is 21.3 Å². The van der Waals surface area contributed by atoms with E-state index >= 15 is 0 Å². The largest absolute Gasteiger partial charge is 0.493 e. The van der Waals surface area contributed by atoms with E-state index < -0.39 is 0 Å². The molecule has 0 unspecified atom stereocenters. The van der Waals surface area contributed by atoms with Crippen molar-refractivity contribution in [3.05, 3.63) is 41.7 Å². The molecule has 1 aromatic carbocycles. The van der Waals surface area contributed by atoms with Crippen molar-refractivity contribution in [1.29, 1.82) is 0 Å². The third-order valence-corrected chi connectivity index (χ3v) is 3.62. The van der Waals surface area contributed by atoms with E-state index in [-0.39, 0.29) is 0 Å². The number of fused-ring (bicyclic) bond motifs is 1. The summed E-state index contributed by atoms with van der Waals surface area (Å²) in [5.41, 5.74) is 3.02. The Morgan fingerprint density at radius 3 is 2.38 bits per heavy atom. The van der Waals surface area contributed by atoms with Gasteiger partial charge in [0.1, 0.15) is 0 Å². The Labute approximate surface area is 123 Å². The summed E-state index contributed by atoms with van der Waals surface area (Å²) in [5.74, 6) is 1.87. The van der Waals surface area contributed by atoms with Crippen molar-refractivity contribution in [1.82, 2.24) is 4.57 Å². The fourth-order valence-corrected chi connectivity index (χ4v) is 2.63. The molecule has 0 saturated carbocycles. The van der Waals surface area contributed by atoms with Crippen LogP contribution in [0.5, 0.6) is 17.2 Å². The molecule has 0 saturated heterocycles. The second-order valence-corrected chi connectivity index (χ2v) is 4.73. The van der Waals surface area contributed by atoms with Crippen molar-refractivity contribution in [3.63, 3.8) is 0 Å². The van der Waals surface area contributed by atoms with Crippen LogP contribution in [0.15, 0.2) is 35.5 Å². The fraction of sp³-hybridized carbons (Fsp3) is 0.312. The average Bonchev–Trinajstić information content (AvgIpc) is 3.01. The van der Waals surface area contributed by atoms with Gasteiger partial charge < -0.3 is 18.8 Å². The van der Waals surface area contributed by atoms with Crippen LogP contribution in [0, 0.1) is 0 Å². The van der Waals surface area contributed by atoms with Crippen molar-refractivity contribution in [2.75, 3.05) is 27.9 Å². The van der Waals surface area contributed by atoms with Crippen molar-refractivity contribution < 1.29 is 14.2 Å². The van der Waals surface area contributed by atoms with Gasteiger partial charge in [-0.05, 0) is 24.3 Å². The normalized spacial score (nSPS) is 13.4. The zero-order chi connectivity index (χ0) is 14.8. The van der Waals surface area contributed by atoms with Gasteiger partial charge in [0.15, 0.2) is 11.5 Å². The van der Waals surface area contributed by atoms with Crippen LogP contribution >= 0.6 is 0 Å². The number of methoxy groups -OCH3 is 3. The maximum absolute atomic E-state index is 5.41. The van der Waals surface area contributed by atoms with Crippen molar-refractivity contribution in [2.24, 2.45) is 4.99 Å². The Morgan fingerprint density at radius 2 is 1.76 bits per heavy atom. The lowest BCUT2D eigenvalue weighted by Crippen LogP contribution is -2.18. The van der Waals surface area contributed by atoms with Crippen molar-refractivity contribution in [2.45, 2.75) is 6.54 Å².